The molecule has 4 nitrogen and oxygen atoms in total. The number of likely N-dealkylation sites (N-methyl/N-ethyl adjacent to an activating group) is 1. The number of benzene rings is 2. The Balaban J connectivity index is 1.41. The SMILES string of the molecule is CN1CCN([C@H](CNC(=O)c2ccc(-c3ccccc3)cc2)c2ccsc2)CC1. The first-order chi connectivity index (χ1) is 14.2. The number of nitrogens with zero attached hydrogens (tertiary/aromatic N) is 2. The maximum atomic E-state index is 12.8. The van der Waals surface area contributed by atoms with Gasteiger partial charge in [0.2, 0.25) is 0 Å². The molecule has 1 fully saturated rings. The summed E-state index contributed by atoms with van der Waals surface area (Å²) in [6.45, 7) is 4.81. The summed E-state index contributed by atoms with van der Waals surface area (Å²) in [6, 6.07) is 20.5. The topological polar surface area (TPSA) is 35.6 Å². The van der Waals surface area contributed by atoms with Crippen molar-refractivity contribution in [1.82, 2.24) is 15.1 Å². The zero-order valence-corrected chi connectivity index (χ0v) is 17.6. The van der Waals surface area contributed by atoms with Crippen molar-refractivity contribution in [3.8, 4) is 11.1 Å². The Morgan fingerprint density at radius 2 is 1.66 bits per heavy atom. The minimum Gasteiger partial charge on any atom is -0.350 e. The number of hydrogen-bond acceptors (Lipinski definition) is 4. The Morgan fingerprint density at radius 1 is 0.966 bits per heavy atom. The van der Waals surface area contributed by atoms with Gasteiger partial charge in [-0.2, -0.15) is 11.3 Å². The lowest BCUT2D eigenvalue weighted by molar-refractivity contribution is 0.0887. The molecule has 4 rings (SSSR count). The van der Waals surface area contributed by atoms with E-state index in [4.69, 9.17) is 0 Å². The van der Waals surface area contributed by atoms with E-state index in [0.29, 0.717) is 12.1 Å². The molecule has 0 saturated carbocycles. The molecule has 0 unspecified atom stereocenters. The summed E-state index contributed by atoms with van der Waals surface area (Å²) in [4.78, 5) is 17.6. The van der Waals surface area contributed by atoms with Crippen LogP contribution in [0.5, 0.6) is 0 Å². The van der Waals surface area contributed by atoms with Crippen molar-refractivity contribution in [1.29, 1.82) is 0 Å². The number of amides is 1. The molecule has 3 aromatic rings. The first-order valence-electron chi connectivity index (χ1n) is 10.1. The zero-order valence-electron chi connectivity index (χ0n) is 16.8. The smallest absolute Gasteiger partial charge is 0.251 e. The second-order valence-electron chi connectivity index (χ2n) is 7.57. The van der Waals surface area contributed by atoms with Gasteiger partial charge in [-0.3, -0.25) is 9.69 Å². The Bertz CT molecular complexity index is 901. The summed E-state index contributed by atoms with van der Waals surface area (Å²) in [7, 11) is 2.16. The standard InChI is InChI=1S/C24H27N3OS/c1-26-12-14-27(15-13-26)23(22-11-16-29-18-22)17-25-24(28)21-9-7-20(8-10-21)19-5-3-2-4-6-19/h2-11,16,18,23H,12-15,17H2,1H3,(H,25,28)/t23-/m1/s1. The zero-order chi connectivity index (χ0) is 20.1. The van der Waals surface area contributed by atoms with Gasteiger partial charge in [-0.05, 0) is 52.7 Å². The molecule has 2 heterocycles. The molecule has 1 aliphatic heterocycles. The van der Waals surface area contributed by atoms with Crippen LogP contribution in [0, 0.1) is 0 Å². The number of piperazine rings is 1. The van der Waals surface area contributed by atoms with Crippen LogP contribution in [0.1, 0.15) is 22.0 Å². The summed E-state index contributed by atoms with van der Waals surface area (Å²) < 4.78 is 0. The summed E-state index contributed by atoms with van der Waals surface area (Å²) in [5.41, 5.74) is 4.27. The van der Waals surface area contributed by atoms with Crippen LogP contribution in [-0.4, -0.2) is 55.5 Å². The molecule has 1 atom stereocenters. The van der Waals surface area contributed by atoms with E-state index >= 15 is 0 Å². The normalized spacial score (nSPS) is 16.4. The first-order valence-corrected chi connectivity index (χ1v) is 11.0. The molecule has 1 saturated heterocycles. The van der Waals surface area contributed by atoms with Crippen molar-refractivity contribution in [3.05, 3.63) is 82.6 Å². The molecule has 1 aromatic heterocycles. The van der Waals surface area contributed by atoms with Crippen LogP contribution < -0.4 is 5.32 Å². The molecule has 1 amide bonds. The third-order valence-electron chi connectivity index (χ3n) is 5.62. The van der Waals surface area contributed by atoms with E-state index in [0.717, 1.165) is 37.3 Å². The quantitative estimate of drug-likeness (QED) is 0.670. The van der Waals surface area contributed by atoms with Gasteiger partial charge in [0, 0.05) is 38.3 Å². The fraction of sp³-hybridized carbons (Fsp3) is 0.292. The predicted molar refractivity (Wildman–Crippen MR) is 120 cm³/mol. The molecule has 29 heavy (non-hydrogen) atoms. The Labute approximate surface area is 176 Å². The third-order valence-corrected chi connectivity index (χ3v) is 6.32. The lowest BCUT2D eigenvalue weighted by Crippen LogP contribution is -2.48. The highest BCUT2D eigenvalue weighted by Crippen LogP contribution is 2.24. The van der Waals surface area contributed by atoms with E-state index in [2.05, 4.69) is 51.1 Å². The highest BCUT2D eigenvalue weighted by molar-refractivity contribution is 7.08. The van der Waals surface area contributed by atoms with Crippen LogP contribution in [0.4, 0.5) is 0 Å². The fourth-order valence-electron chi connectivity index (χ4n) is 3.79. The number of carbonyl (C=O) groups excluding carboxylic acids is 1. The molecule has 0 aliphatic carbocycles. The number of nitrogens with one attached hydrogen (secondary N) is 1. The van der Waals surface area contributed by atoms with Gasteiger partial charge in [-0.1, -0.05) is 42.5 Å². The van der Waals surface area contributed by atoms with Gasteiger partial charge < -0.3 is 10.2 Å². The molecular formula is C24H27N3OS. The van der Waals surface area contributed by atoms with Crippen LogP contribution >= 0.6 is 11.3 Å². The molecule has 5 heteroatoms. The summed E-state index contributed by atoms with van der Waals surface area (Å²) in [5.74, 6) is -0.0148. The second kappa shape index (κ2) is 9.35. The van der Waals surface area contributed by atoms with Crippen LogP contribution in [0.3, 0.4) is 0 Å². The molecule has 1 aliphatic rings. The van der Waals surface area contributed by atoms with Gasteiger partial charge in [-0.15, -0.1) is 0 Å². The number of carbonyl (C=O) groups is 1. The van der Waals surface area contributed by atoms with Gasteiger partial charge in [-0.25, -0.2) is 0 Å². The minimum atomic E-state index is -0.0148. The van der Waals surface area contributed by atoms with Crippen LogP contribution in [0.25, 0.3) is 11.1 Å². The summed E-state index contributed by atoms with van der Waals surface area (Å²) >= 11 is 1.71. The summed E-state index contributed by atoms with van der Waals surface area (Å²) in [6.07, 6.45) is 0. The van der Waals surface area contributed by atoms with Crippen molar-refractivity contribution in [2.75, 3.05) is 39.8 Å². The average molecular weight is 406 g/mol. The Morgan fingerprint density at radius 3 is 2.31 bits per heavy atom. The van der Waals surface area contributed by atoms with Crippen LogP contribution in [-0.2, 0) is 0 Å². The van der Waals surface area contributed by atoms with Crippen LogP contribution in [0.2, 0.25) is 0 Å². The lowest BCUT2D eigenvalue weighted by atomic mass is 10.0. The molecule has 0 spiro atoms. The van der Waals surface area contributed by atoms with Crippen molar-refractivity contribution in [3.63, 3.8) is 0 Å². The maximum Gasteiger partial charge on any atom is 0.251 e. The largest absolute Gasteiger partial charge is 0.350 e. The molecule has 1 N–H and O–H groups in total. The van der Waals surface area contributed by atoms with Crippen molar-refractivity contribution in [2.45, 2.75) is 6.04 Å². The van der Waals surface area contributed by atoms with Gasteiger partial charge in [0.25, 0.3) is 5.91 Å². The summed E-state index contributed by atoms with van der Waals surface area (Å²) in [5, 5.41) is 7.48. The number of thiophene rings is 1. The van der Waals surface area contributed by atoms with Gasteiger partial charge in [0.15, 0.2) is 0 Å². The molecule has 2 aromatic carbocycles. The van der Waals surface area contributed by atoms with Crippen molar-refractivity contribution in [2.24, 2.45) is 0 Å². The molecule has 0 radical (unpaired) electrons. The van der Waals surface area contributed by atoms with E-state index < -0.39 is 0 Å². The lowest BCUT2D eigenvalue weighted by Gasteiger charge is -2.38. The Kier molecular flexibility index (Phi) is 6.39. The van der Waals surface area contributed by atoms with E-state index in [-0.39, 0.29) is 11.9 Å². The average Bonchev–Trinajstić information content (AvgIpc) is 3.30. The van der Waals surface area contributed by atoms with Crippen molar-refractivity contribution >= 4 is 17.2 Å². The van der Waals surface area contributed by atoms with Gasteiger partial charge in [0.05, 0.1) is 6.04 Å². The van der Waals surface area contributed by atoms with E-state index in [9.17, 15) is 4.79 Å². The number of hydrogen-bond donors (Lipinski definition) is 1. The maximum absolute atomic E-state index is 12.8. The molecule has 150 valence electrons. The molecular weight excluding hydrogens is 378 g/mol. The molecule has 0 bridgehead atoms. The first kappa shape index (κ1) is 19.8. The minimum absolute atomic E-state index is 0.0148. The second-order valence-corrected chi connectivity index (χ2v) is 8.35. The van der Waals surface area contributed by atoms with E-state index in [1.165, 1.54) is 5.56 Å². The van der Waals surface area contributed by atoms with Gasteiger partial charge >= 0.3 is 0 Å². The van der Waals surface area contributed by atoms with Crippen LogP contribution in [0.15, 0.2) is 71.4 Å². The third kappa shape index (κ3) is 4.93. The van der Waals surface area contributed by atoms with Crippen molar-refractivity contribution < 1.29 is 4.79 Å². The highest BCUT2D eigenvalue weighted by Gasteiger charge is 2.24. The highest BCUT2D eigenvalue weighted by atomic mass is 32.1. The van der Waals surface area contributed by atoms with E-state index in [1.54, 1.807) is 11.3 Å². The van der Waals surface area contributed by atoms with Gasteiger partial charge in [0.1, 0.15) is 0 Å². The number of rotatable bonds is 6. The van der Waals surface area contributed by atoms with E-state index in [1.807, 2.05) is 42.5 Å². The fourth-order valence-corrected chi connectivity index (χ4v) is 4.50. The Hall–Kier alpha value is -2.47. The predicted octanol–water partition coefficient (Wildman–Crippen LogP) is 4.13. The monoisotopic (exact) mass is 405 g/mol.